The molecule has 1 aliphatic rings. The van der Waals surface area contributed by atoms with Crippen LogP contribution in [0.3, 0.4) is 0 Å². The molecule has 0 aromatic carbocycles. The van der Waals surface area contributed by atoms with E-state index in [0.29, 0.717) is 18.1 Å². The van der Waals surface area contributed by atoms with E-state index in [-0.39, 0.29) is 0 Å². The van der Waals surface area contributed by atoms with Crippen LogP contribution in [0.5, 0.6) is 0 Å². The minimum atomic E-state index is 0.338. The summed E-state index contributed by atoms with van der Waals surface area (Å²) < 4.78 is 0. The second-order valence-electron chi connectivity index (χ2n) is 4.86. The van der Waals surface area contributed by atoms with E-state index >= 15 is 0 Å². The van der Waals surface area contributed by atoms with Crippen molar-refractivity contribution in [1.82, 2.24) is 15.2 Å². The number of nitrogens with zero attached hydrogens (tertiary/aromatic N) is 2. The SMILES string of the molecule is CC1CC(N[C@@H](C)c2ccccn2)CN1C. The second-order valence-corrected chi connectivity index (χ2v) is 4.86. The minimum Gasteiger partial charge on any atom is -0.305 e. The highest BCUT2D eigenvalue weighted by Crippen LogP contribution is 2.18. The molecule has 3 heteroatoms. The van der Waals surface area contributed by atoms with Crippen LogP contribution in [0.25, 0.3) is 0 Å². The van der Waals surface area contributed by atoms with Crippen molar-refractivity contribution in [3.05, 3.63) is 30.1 Å². The average Bonchev–Trinajstić information content (AvgIpc) is 2.59. The van der Waals surface area contributed by atoms with Crippen molar-refractivity contribution in [1.29, 1.82) is 0 Å². The van der Waals surface area contributed by atoms with E-state index in [1.54, 1.807) is 0 Å². The summed E-state index contributed by atoms with van der Waals surface area (Å²) in [6, 6.07) is 7.71. The molecule has 2 unspecified atom stereocenters. The molecule has 0 radical (unpaired) electrons. The molecule has 1 fully saturated rings. The Labute approximate surface area is 97.9 Å². The Morgan fingerprint density at radius 3 is 2.88 bits per heavy atom. The lowest BCUT2D eigenvalue weighted by molar-refractivity contribution is 0.325. The number of pyridine rings is 1. The maximum Gasteiger partial charge on any atom is 0.0570 e. The topological polar surface area (TPSA) is 28.2 Å². The van der Waals surface area contributed by atoms with Gasteiger partial charge in [-0.15, -0.1) is 0 Å². The molecule has 2 rings (SSSR count). The fraction of sp³-hybridized carbons (Fsp3) is 0.615. The fourth-order valence-electron chi connectivity index (χ4n) is 2.39. The summed E-state index contributed by atoms with van der Waals surface area (Å²) in [5.74, 6) is 0. The molecule has 1 aliphatic heterocycles. The Morgan fingerprint density at radius 1 is 1.50 bits per heavy atom. The molecule has 0 aliphatic carbocycles. The van der Waals surface area contributed by atoms with Crippen LogP contribution in [0.15, 0.2) is 24.4 Å². The summed E-state index contributed by atoms with van der Waals surface area (Å²) in [5, 5.41) is 3.65. The molecule has 1 N–H and O–H groups in total. The molecular formula is C13H21N3. The number of likely N-dealkylation sites (N-methyl/N-ethyl adjacent to an activating group) is 1. The van der Waals surface area contributed by atoms with Gasteiger partial charge in [0.1, 0.15) is 0 Å². The second kappa shape index (κ2) is 4.93. The maximum atomic E-state index is 4.38. The molecule has 1 saturated heterocycles. The van der Waals surface area contributed by atoms with E-state index in [2.05, 4.69) is 42.2 Å². The van der Waals surface area contributed by atoms with Gasteiger partial charge in [0.05, 0.1) is 5.69 Å². The highest BCUT2D eigenvalue weighted by molar-refractivity contribution is 5.08. The van der Waals surface area contributed by atoms with Gasteiger partial charge in [-0.05, 0) is 39.4 Å². The van der Waals surface area contributed by atoms with Crippen molar-refractivity contribution in [2.24, 2.45) is 0 Å². The van der Waals surface area contributed by atoms with Crippen molar-refractivity contribution in [2.45, 2.75) is 38.4 Å². The molecule has 0 bridgehead atoms. The lowest BCUT2D eigenvalue weighted by Crippen LogP contribution is -2.33. The third-order valence-electron chi connectivity index (χ3n) is 3.50. The van der Waals surface area contributed by atoms with E-state index in [1.807, 2.05) is 18.3 Å². The molecule has 16 heavy (non-hydrogen) atoms. The van der Waals surface area contributed by atoms with Gasteiger partial charge in [0.2, 0.25) is 0 Å². The largest absolute Gasteiger partial charge is 0.305 e. The van der Waals surface area contributed by atoms with Crippen molar-refractivity contribution >= 4 is 0 Å². The van der Waals surface area contributed by atoms with E-state index in [4.69, 9.17) is 0 Å². The number of aromatic nitrogens is 1. The first kappa shape index (κ1) is 11.6. The van der Waals surface area contributed by atoms with Gasteiger partial charge in [0, 0.05) is 30.9 Å². The van der Waals surface area contributed by atoms with E-state index in [1.165, 1.54) is 6.42 Å². The first-order chi connectivity index (χ1) is 7.66. The molecule has 3 nitrogen and oxygen atoms in total. The molecule has 0 spiro atoms. The molecule has 0 saturated carbocycles. The molecule has 1 aromatic rings. The van der Waals surface area contributed by atoms with E-state index in [9.17, 15) is 0 Å². The zero-order chi connectivity index (χ0) is 11.5. The van der Waals surface area contributed by atoms with Crippen LogP contribution >= 0.6 is 0 Å². The first-order valence-corrected chi connectivity index (χ1v) is 6.04. The van der Waals surface area contributed by atoms with Crippen LogP contribution in [0.4, 0.5) is 0 Å². The fourth-order valence-corrected chi connectivity index (χ4v) is 2.39. The van der Waals surface area contributed by atoms with Gasteiger partial charge in [0.15, 0.2) is 0 Å². The maximum absolute atomic E-state index is 4.38. The van der Waals surface area contributed by atoms with Gasteiger partial charge in [-0.1, -0.05) is 6.07 Å². The third-order valence-corrected chi connectivity index (χ3v) is 3.50. The summed E-state index contributed by atoms with van der Waals surface area (Å²) in [6.45, 7) is 5.61. The highest BCUT2D eigenvalue weighted by Gasteiger charge is 2.27. The van der Waals surface area contributed by atoms with Crippen molar-refractivity contribution < 1.29 is 0 Å². The van der Waals surface area contributed by atoms with Gasteiger partial charge < -0.3 is 10.2 Å². The Kier molecular flexibility index (Phi) is 3.56. The highest BCUT2D eigenvalue weighted by atomic mass is 15.2. The summed E-state index contributed by atoms with van der Waals surface area (Å²) >= 11 is 0. The molecule has 3 atom stereocenters. The van der Waals surface area contributed by atoms with Gasteiger partial charge in [-0.3, -0.25) is 4.98 Å². The monoisotopic (exact) mass is 219 g/mol. The Hall–Kier alpha value is -0.930. The van der Waals surface area contributed by atoms with Gasteiger partial charge in [0.25, 0.3) is 0 Å². The number of nitrogens with one attached hydrogen (secondary N) is 1. The zero-order valence-corrected chi connectivity index (χ0v) is 10.4. The normalized spacial score (nSPS) is 28.2. The van der Waals surface area contributed by atoms with Crippen LogP contribution < -0.4 is 5.32 Å². The minimum absolute atomic E-state index is 0.338. The Bertz CT molecular complexity index is 315. The van der Waals surface area contributed by atoms with Crippen molar-refractivity contribution in [3.63, 3.8) is 0 Å². The van der Waals surface area contributed by atoms with Crippen LogP contribution in [0, 0.1) is 0 Å². The van der Waals surface area contributed by atoms with Crippen LogP contribution in [-0.2, 0) is 0 Å². The number of likely N-dealkylation sites (tertiary alicyclic amines) is 1. The lowest BCUT2D eigenvalue weighted by atomic mass is 10.1. The molecule has 0 amide bonds. The molecular weight excluding hydrogens is 198 g/mol. The smallest absolute Gasteiger partial charge is 0.0570 e. The summed E-state index contributed by atoms with van der Waals surface area (Å²) in [6.07, 6.45) is 3.09. The summed E-state index contributed by atoms with van der Waals surface area (Å²) in [7, 11) is 2.19. The Balaban J connectivity index is 1.91. The van der Waals surface area contributed by atoms with Crippen LogP contribution in [-0.4, -0.2) is 35.6 Å². The first-order valence-electron chi connectivity index (χ1n) is 6.04. The standard InChI is InChI=1S/C13H21N3/c1-10-8-12(9-16(10)3)15-11(2)13-6-4-5-7-14-13/h4-7,10-12,15H,8-9H2,1-3H3/t10?,11-,12?/m0/s1. The average molecular weight is 219 g/mol. The zero-order valence-electron chi connectivity index (χ0n) is 10.4. The number of hydrogen-bond acceptors (Lipinski definition) is 3. The van der Waals surface area contributed by atoms with Gasteiger partial charge in [-0.2, -0.15) is 0 Å². The summed E-state index contributed by atoms with van der Waals surface area (Å²) in [5.41, 5.74) is 1.13. The van der Waals surface area contributed by atoms with Crippen LogP contribution in [0.1, 0.15) is 32.0 Å². The van der Waals surface area contributed by atoms with Gasteiger partial charge >= 0.3 is 0 Å². The summed E-state index contributed by atoms with van der Waals surface area (Å²) in [4.78, 5) is 6.79. The third kappa shape index (κ3) is 2.60. The predicted octanol–water partition coefficient (Wildman–Crippen LogP) is 1.82. The molecule has 1 aromatic heterocycles. The number of hydrogen-bond donors (Lipinski definition) is 1. The predicted molar refractivity (Wildman–Crippen MR) is 66.3 cm³/mol. The lowest BCUT2D eigenvalue weighted by Gasteiger charge is -2.18. The Morgan fingerprint density at radius 2 is 2.31 bits per heavy atom. The number of rotatable bonds is 3. The van der Waals surface area contributed by atoms with E-state index < -0.39 is 0 Å². The van der Waals surface area contributed by atoms with Crippen molar-refractivity contribution in [3.8, 4) is 0 Å². The van der Waals surface area contributed by atoms with Crippen molar-refractivity contribution in [2.75, 3.05) is 13.6 Å². The van der Waals surface area contributed by atoms with Gasteiger partial charge in [-0.25, -0.2) is 0 Å². The van der Waals surface area contributed by atoms with E-state index in [0.717, 1.165) is 12.2 Å². The quantitative estimate of drug-likeness (QED) is 0.840. The molecule has 88 valence electrons. The van der Waals surface area contributed by atoms with Crippen LogP contribution in [0.2, 0.25) is 0 Å². The molecule has 2 heterocycles.